The van der Waals surface area contributed by atoms with E-state index in [0.717, 1.165) is 11.6 Å². The Labute approximate surface area is 150 Å². The van der Waals surface area contributed by atoms with Gasteiger partial charge in [-0.15, -0.1) is 0 Å². The Balaban J connectivity index is 1.97. The number of para-hydroxylation sites is 1. The van der Waals surface area contributed by atoms with Crippen LogP contribution in [0.5, 0.6) is 0 Å². The van der Waals surface area contributed by atoms with Gasteiger partial charge >= 0.3 is 5.97 Å². The van der Waals surface area contributed by atoms with Crippen molar-refractivity contribution < 1.29 is 18.7 Å². The van der Waals surface area contributed by atoms with Crippen molar-refractivity contribution in [1.29, 1.82) is 0 Å². The SMILES string of the molecule is Cc1ccccc1NC(=O)[C@H](C)OC(=O)/C=C/c1c(F)cccc1Cl. The summed E-state index contributed by atoms with van der Waals surface area (Å²) in [4.78, 5) is 23.9. The second-order valence-electron chi connectivity index (χ2n) is 5.35. The summed E-state index contributed by atoms with van der Waals surface area (Å²) in [5.74, 6) is -1.78. The van der Waals surface area contributed by atoms with Crippen molar-refractivity contribution in [1.82, 2.24) is 0 Å². The normalized spacial score (nSPS) is 12.0. The predicted octanol–water partition coefficient (Wildman–Crippen LogP) is 4.37. The second kappa shape index (κ2) is 8.44. The van der Waals surface area contributed by atoms with Gasteiger partial charge in [0.05, 0.1) is 5.02 Å². The van der Waals surface area contributed by atoms with Gasteiger partial charge in [-0.2, -0.15) is 0 Å². The number of rotatable bonds is 5. The van der Waals surface area contributed by atoms with Crippen molar-refractivity contribution in [3.63, 3.8) is 0 Å². The van der Waals surface area contributed by atoms with Gasteiger partial charge < -0.3 is 10.1 Å². The molecule has 0 saturated heterocycles. The van der Waals surface area contributed by atoms with Crippen LogP contribution in [0.2, 0.25) is 5.02 Å². The van der Waals surface area contributed by atoms with E-state index in [2.05, 4.69) is 5.32 Å². The Morgan fingerprint density at radius 2 is 1.92 bits per heavy atom. The van der Waals surface area contributed by atoms with Gasteiger partial charge in [-0.25, -0.2) is 9.18 Å². The first-order valence-corrected chi connectivity index (χ1v) is 7.95. The molecule has 130 valence electrons. The molecule has 0 radical (unpaired) electrons. The molecule has 25 heavy (non-hydrogen) atoms. The van der Waals surface area contributed by atoms with Crippen LogP contribution in [0.3, 0.4) is 0 Å². The minimum atomic E-state index is -1.01. The molecule has 6 heteroatoms. The van der Waals surface area contributed by atoms with Crippen LogP contribution >= 0.6 is 11.6 Å². The Kier molecular flexibility index (Phi) is 6.31. The van der Waals surface area contributed by atoms with Crippen LogP contribution in [0.4, 0.5) is 10.1 Å². The minimum absolute atomic E-state index is 0.0816. The molecule has 0 spiro atoms. The van der Waals surface area contributed by atoms with Crippen molar-refractivity contribution in [2.24, 2.45) is 0 Å². The molecule has 0 aliphatic rings. The van der Waals surface area contributed by atoms with Crippen LogP contribution in [0.15, 0.2) is 48.5 Å². The maximum Gasteiger partial charge on any atom is 0.331 e. The summed E-state index contributed by atoms with van der Waals surface area (Å²) in [6, 6.07) is 11.5. The van der Waals surface area contributed by atoms with Gasteiger partial charge in [0.2, 0.25) is 0 Å². The molecule has 2 rings (SSSR count). The first-order valence-electron chi connectivity index (χ1n) is 7.57. The van der Waals surface area contributed by atoms with Crippen molar-refractivity contribution >= 4 is 35.2 Å². The molecule has 1 amide bonds. The fourth-order valence-corrected chi connectivity index (χ4v) is 2.26. The monoisotopic (exact) mass is 361 g/mol. The van der Waals surface area contributed by atoms with Crippen LogP contribution < -0.4 is 5.32 Å². The number of hydrogen-bond donors (Lipinski definition) is 1. The molecule has 0 fully saturated rings. The summed E-state index contributed by atoms with van der Waals surface area (Å²) in [5.41, 5.74) is 1.62. The third-order valence-corrected chi connectivity index (χ3v) is 3.78. The number of carbonyl (C=O) groups excluding carboxylic acids is 2. The van der Waals surface area contributed by atoms with Gasteiger partial charge in [0.1, 0.15) is 5.82 Å². The molecule has 0 aliphatic heterocycles. The molecule has 4 nitrogen and oxygen atoms in total. The lowest BCUT2D eigenvalue weighted by molar-refractivity contribution is -0.148. The molecule has 0 bridgehead atoms. The average Bonchev–Trinajstić information content (AvgIpc) is 2.56. The first-order chi connectivity index (χ1) is 11.9. The molecule has 0 unspecified atom stereocenters. The lowest BCUT2D eigenvalue weighted by atomic mass is 10.2. The number of carbonyl (C=O) groups is 2. The smallest absolute Gasteiger partial charge is 0.331 e. The molecule has 0 aromatic heterocycles. The van der Waals surface area contributed by atoms with Gasteiger partial charge in [-0.3, -0.25) is 4.79 Å². The number of halogens is 2. The van der Waals surface area contributed by atoms with Gasteiger partial charge in [0, 0.05) is 17.3 Å². The zero-order chi connectivity index (χ0) is 18.4. The zero-order valence-electron chi connectivity index (χ0n) is 13.8. The number of anilines is 1. The molecule has 0 saturated carbocycles. The van der Waals surface area contributed by atoms with E-state index >= 15 is 0 Å². The minimum Gasteiger partial charge on any atom is -0.449 e. The third kappa shape index (κ3) is 5.16. The van der Waals surface area contributed by atoms with Gasteiger partial charge in [0.15, 0.2) is 6.10 Å². The van der Waals surface area contributed by atoms with Crippen LogP contribution in [0.1, 0.15) is 18.1 Å². The highest BCUT2D eigenvalue weighted by Crippen LogP contribution is 2.20. The Morgan fingerprint density at radius 1 is 1.20 bits per heavy atom. The van der Waals surface area contributed by atoms with E-state index in [1.807, 2.05) is 19.1 Å². The van der Waals surface area contributed by atoms with E-state index in [4.69, 9.17) is 16.3 Å². The molecule has 0 heterocycles. The second-order valence-corrected chi connectivity index (χ2v) is 5.76. The lowest BCUT2D eigenvalue weighted by Crippen LogP contribution is -2.29. The van der Waals surface area contributed by atoms with Gasteiger partial charge in [-0.1, -0.05) is 35.9 Å². The zero-order valence-corrected chi connectivity index (χ0v) is 14.5. The maximum absolute atomic E-state index is 13.6. The van der Waals surface area contributed by atoms with E-state index in [-0.39, 0.29) is 10.6 Å². The van der Waals surface area contributed by atoms with Crippen LogP contribution in [0, 0.1) is 12.7 Å². The summed E-state index contributed by atoms with van der Waals surface area (Å²) >= 11 is 5.87. The molecular weight excluding hydrogens is 345 g/mol. The van der Waals surface area contributed by atoms with Crippen molar-refractivity contribution in [3.8, 4) is 0 Å². The van der Waals surface area contributed by atoms with E-state index in [1.165, 1.54) is 31.2 Å². The third-order valence-electron chi connectivity index (χ3n) is 3.45. The number of esters is 1. The van der Waals surface area contributed by atoms with E-state index in [1.54, 1.807) is 12.1 Å². The molecule has 1 N–H and O–H groups in total. The fourth-order valence-electron chi connectivity index (χ4n) is 2.04. The number of hydrogen-bond acceptors (Lipinski definition) is 3. The topological polar surface area (TPSA) is 55.4 Å². The van der Waals surface area contributed by atoms with Crippen LogP contribution in [-0.4, -0.2) is 18.0 Å². The summed E-state index contributed by atoms with van der Waals surface area (Å²) in [7, 11) is 0. The van der Waals surface area contributed by atoms with Crippen molar-refractivity contribution in [2.75, 3.05) is 5.32 Å². The number of amides is 1. The van der Waals surface area contributed by atoms with Gasteiger partial charge in [0.25, 0.3) is 5.91 Å². The highest BCUT2D eigenvalue weighted by molar-refractivity contribution is 6.32. The number of ether oxygens (including phenoxy) is 1. The number of benzene rings is 2. The highest BCUT2D eigenvalue weighted by Gasteiger charge is 2.17. The predicted molar refractivity (Wildman–Crippen MR) is 95.8 cm³/mol. The standard InChI is InChI=1S/C19H17ClFNO3/c1-12-6-3-4-9-17(12)22-19(24)13(2)25-18(23)11-10-14-15(20)7-5-8-16(14)21/h3-11,13H,1-2H3,(H,22,24)/b11-10+/t13-/m0/s1. The molecule has 0 aliphatic carbocycles. The summed E-state index contributed by atoms with van der Waals surface area (Å²) < 4.78 is 18.6. The maximum atomic E-state index is 13.6. The fraction of sp³-hybridized carbons (Fsp3) is 0.158. The Bertz CT molecular complexity index is 800. The summed E-state index contributed by atoms with van der Waals surface area (Å²) in [5, 5.41) is 2.86. The first kappa shape index (κ1) is 18.7. The van der Waals surface area contributed by atoms with E-state index in [9.17, 15) is 14.0 Å². The summed E-state index contributed by atoms with van der Waals surface area (Å²) in [6.45, 7) is 3.31. The molecule has 2 aromatic rings. The lowest BCUT2D eigenvalue weighted by Gasteiger charge is -2.13. The highest BCUT2D eigenvalue weighted by atomic mass is 35.5. The van der Waals surface area contributed by atoms with Crippen molar-refractivity contribution in [2.45, 2.75) is 20.0 Å². The molecule has 2 aromatic carbocycles. The Morgan fingerprint density at radius 3 is 2.60 bits per heavy atom. The molecule has 1 atom stereocenters. The van der Waals surface area contributed by atoms with E-state index < -0.39 is 23.8 Å². The average molecular weight is 362 g/mol. The number of aryl methyl sites for hydroxylation is 1. The molecular formula is C19H17ClFNO3. The van der Waals surface area contributed by atoms with Gasteiger partial charge in [-0.05, 0) is 43.7 Å². The van der Waals surface area contributed by atoms with Crippen LogP contribution in [-0.2, 0) is 14.3 Å². The van der Waals surface area contributed by atoms with E-state index in [0.29, 0.717) is 5.69 Å². The number of nitrogens with one attached hydrogen (secondary N) is 1. The quantitative estimate of drug-likeness (QED) is 0.635. The van der Waals surface area contributed by atoms with Crippen molar-refractivity contribution in [3.05, 3.63) is 70.5 Å². The summed E-state index contributed by atoms with van der Waals surface area (Å²) in [6.07, 6.45) is 1.24. The Hall–Kier alpha value is -2.66. The largest absolute Gasteiger partial charge is 0.449 e. The van der Waals surface area contributed by atoms with Crippen LogP contribution in [0.25, 0.3) is 6.08 Å².